The van der Waals surface area contributed by atoms with Crippen LogP contribution in [-0.2, 0) is 0 Å². The molecule has 1 heterocycles. The van der Waals surface area contributed by atoms with Gasteiger partial charge in [-0.1, -0.05) is 11.6 Å². The van der Waals surface area contributed by atoms with E-state index in [-0.39, 0.29) is 11.4 Å². The maximum absolute atomic E-state index is 11.0. The number of aromatic carboxylic acids is 1. The van der Waals surface area contributed by atoms with E-state index in [1.54, 1.807) is 12.1 Å². The van der Waals surface area contributed by atoms with Crippen molar-refractivity contribution in [1.29, 1.82) is 5.26 Å². The standard InChI is InChI=1S/C13H8ClN3O2/c14-10-6-8(7-15)3-4-11(10)17-12-9(13(18)19)2-1-5-16-12/h1-6H,(H,16,17)(H,18,19). The van der Waals surface area contributed by atoms with Crippen LogP contribution in [0.5, 0.6) is 0 Å². The third kappa shape index (κ3) is 2.81. The second-order valence-electron chi connectivity index (χ2n) is 3.64. The summed E-state index contributed by atoms with van der Waals surface area (Å²) in [5.41, 5.74) is 0.958. The Labute approximate surface area is 114 Å². The van der Waals surface area contributed by atoms with Crippen LogP contribution in [0, 0.1) is 11.3 Å². The van der Waals surface area contributed by atoms with E-state index in [2.05, 4.69) is 10.3 Å². The second-order valence-corrected chi connectivity index (χ2v) is 4.04. The molecular formula is C13H8ClN3O2. The number of hydrogen-bond donors (Lipinski definition) is 2. The van der Waals surface area contributed by atoms with E-state index < -0.39 is 5.97 Å². The fourth-order valence-electron chi connectivity index (χ4n) is 1.49. The molecule has 0 bridgehead atoms. The minimum absolute atomic E-state index is 0.0444. The highest BCUT2D eigenvalue weighted by Crippen LogP contribution is 2.26. The average molecular weight is 274 g/mol. The molecule has 0 aliphatic carbocycles. The molecule has 1 aromatic heterocycles. The number of aromatic nitrogens is 1. The van der Waals surface area contributed by atoms with Crippen LogP contribution < -0.4 is 5.32 Å². The third-order valence-electron chi connectivity index (χ3n) is 2.39. The van der Waals surface area contributed by atoms with E-state index in [4.69, 9.17) is 22.0 Å². The van der Waals surface area contributed by atoms with Crippen LogP contribution in [0.15, 0.2) is 36.5 Å². The van der Waals surface area contributed by atoms with Crippen molar-refractivity contribution in [2.75, 3.05) is 5.32 Å². The molecule has 2 rings (SSSR count). The zero-order valence-electron chi connectivity index (χ0n) is 9.59. The van der Waals surface area contributed by atoms with Crippen LogP contribution in [0.1, 0.15) is 15.9 Å². The van der Waals surface area contributed by atoms with Gasteiger partial charge < -0.3 is 10.4 Å². The summed E-state index contributed by atoms with van der Waals surface area (Å²) in [6, 6.07) is 9.62. The zero-order valence-corrected chi connectivity index (χ0v) is 10.3. The predicted octanol–water partition coefficient (Wildman–Crippen LogP) is 3.05. The van der Waals surface area contributed by atoms with Gasteiger partial charge in [0, 0.05) is 6.20 Å². The molecule has 0 spiro atoms. The largest absolute Gasteiger partial charge is 0.478 e. The Morgan fingerprint density at radius 2 is 2.21 bits per heavy atom. The summed E-state index contributed by atoms with van der Waals surface area (Å²) >= 11 is 6.00. The summed E-state index contributed by atoms with van der Waals surface area (Å²) in [5, 5.41) is 20.9. The van der Waals surface area contributed by atoms with Gasteiger partial charge in [-0.15, -0.1) is 0 Å². The highest BCUT2D eigenvalue weighted by molar-refractivity contribution is 6.33. The van der Waals surface area contributed by atoms with E-state index in [0.717, 1.165) is 0 Å². The van der Waals surface area contributed by atoms with E-state index in [1.807, 2.05) is 6.07 Å². The number of nitrogens with one attached hydrogen (secondary N) is 1. The number of benzene rings is 1. The van der Waals surface area contributed by atoms with Crippen LogP contribution in [0.2, 0.25) is 5.02 Å². The normalized spacial score (nSPS) is 9.68. The average Bonchev–Trinajstić information content (AvgIpc) is 2.41. The summed E-state index contributed by atoms with van der Waals surface area (Å²) in [7, 11) is 0. The molecule has 6 heteroatoms. The topological polar surface area (TPSA) is 86.0 Å². The molecule has 0 atom stereocenters. The van der Waals surface area contributed by atoms with E-state index in [0.29, 0.717) is 16.3 Å². The number of pyridine rings is 1. The van der Waals surface area contributed by atoms with Gasteiger partial charge in [0.25, 0.3) is 0 Å². The van der Waals surface area contributed by atoms with Crippen LogP contribution >= 0.6 is 11.6 Å². The summed E-state index contributed by atoms with van der Waals surface area (Å²) in [6.07, 6.45) is 1.48. The number of anilines is 2. The molecule has 0 aliphatic heterocycles. The van der Waals surface area contributed by atoms with Crippen molar-refractivity contribution in [3.8, 4) is 6.07 Å². The molecule has 0 amide bonds. The first-order chi connectivity index (χ1) is 9.11. The lowest BCUT2D eigenvalue weighted by molar-refractivity contribution is 0.0697. The number of carbonyl (C=O) groups is 1. The first kappa shape index (κ1) is 12.9. The summed E-state index contributed by atoms with van der Waals surface area (Å²) in [4.78, 5) is 15.0. The van der Waals surface area contributed by atoms with Crippen molar-refractivity contribution in [2.24, 2.45) is 0 Å². The number of carboxylic acids is 1. The van der Waals surface area contributed by atoms with Crippen molar-refractivity contribution in [3.05, 3.63) is 52.7 Å². The van der Waals surface area contributed by atoms with Crippen LogP contribution in [0.4, 0.5) is 11.5 Å². The molecule has 0 radical (unpaired) electrons. The van der Waals surface area contributed by atoms with Gasteiger partial charge in [-0.3, -0.25) is 0 Å². The summed E-state index contributed by atoms with van der Waals surface area (Å²) < 4.78 is 0. The lowest BCUT2D eigenvalue weighted by Crippen LogP contribution is -2.04. The van der Waals surface area contributed by atoms with E-state index >= 15 is 0 Å². The Kier molecular flexibility index (Phi) is 3.64. The van der Waals surface area contributed by atoms with Gasteiger partial charge in [-0.25, -0.2) is 9.78 Å². The molecule has 19 heavy (non-hydrogen) atoms. The Hall–Kier alpha value is -2.58. The monoisotopic (exact) mass is 273 g/mol. The smallest absolute Gasteiger partial charge is 0.339 e. The summed E-state index contributed by atoms with van der Waals surface area (Å²) in [5.74, 6) is -0.887. The molecule has 2 N–H and O–H groups in total. The van der Waals surface area contributed by atoms with Crippen molar-refractivity contribution in [3.63, 3.8) is 0 Å². The van der Waals surface area contributed by atoms with Gasteiger partial charge in [0.15, 0.2) is 0 Å². The van der Waals surface area contributed by atoms with Crippen molar-refractivity contribution in [2.45, 2.75) is 0 Å². The molecule has 0 saturated carbocycles. The van der Waals surface area contributed by atoms with Crippen LogP contribution in [0.25, 0.3) is 0 Å². The molecule has 94 valence electrons. The molecule has 1 aromatic carbocycles. The van der Waals surface area contributed by atoms with Gasteiger partial charge in [-0.05, 0) is 30.3 Å². The number of nitriles is 1. The van der Waals surface area contributed by atoms with Crippen molar-refractivity contribution in [1.82, 2.24) is 4.98 Å². The van der Waals surface area contributed by atoms with Gasteiger partial charge in [0.2, 0.25) is 0 Å². The molecule has 5 nitrogen and oxygen atoms in total. The SMILES string of the molecule is N#Cc1ccc(Nc2ncccc2C(=O)O)c(Cl)c1. The molecular weight excluding hydrogens is 266 g/mol. The molecule has 0 unspecified atom stereocenters. The number of carboxylic acid groups (broad SMARTS) is 1. The van der Waals surface area contributed by atoms with Crippen molar-refractivity contribution >= 4 is 29.1 Å². The van der Waals surface area contributed by atoms with E-state index in [9.17, 15) is 4.79 Å². The van der Waals surface area contributed by atoms with Gasteiger partial charge in [0.05, 0.1) is 22.3 Å². The third-order valence-corrected chi connectivity index (χ3v) is 2.70. The number of nitrogens with zero attached hydrogens (tertiary/aromatic N) is 2. The summed E-state index contributed by atoms with van der Waals surface area (Å²) in [6.45, 7) is 0. The molecule has 2 aromatic rings. The maximum atomic E-state index is 11.0. The van der Waals surface area contributed by atoms with Gasteiger partial charge in [-0.2, -0.15) is 5.26 Å². The highest BCUT2D eigenvalue weighted by Gasteiger charge is 2.12. The fourth-order valence-corrected chi connectivity index (χ4v) is 1.72. The van der Waals surface area contributed by atoms with Crippen molar-refractivity contribution < 1.29 is 9.90 Å². The minimum atomic E-state index is -1.08. The lowest BCUT2D eigenvalue weighted by Gasteiger charge is -2.09. The minimum Gasteiger partial charge on any atom is -0.478 e. The van der Waals surface area contributed by atoms with E-state index in [1.165, 1.54) is 24.4 Å². The van der Waals surface area contributed by atoms with Gasteiger partial charge in [0.1, 0.15) is 11.4 Å². The first-order valence-electron chi connectivity index (χ1n) is 5.27. The molecule has 0 fully saturated rings. The number of hydrogen-bond acceptors (Lipinski definition) is 4. The second kappa shape index (κ2) is 5.38. The highest BCUT2D eigenvalue weighted by atomic mass is 35.5. The molecule has 0 saturated heterocycles. The number of halogens is 1. The fraction of sp³-hybridized carbons (Fsp3) is 0. The number of rotatable bonds is 3. The quantitative estimate of drug-likeness (QED) is 0.897. The Morgan fingerprint density at radius 1 is 1.42 bits per heavy atom. The van der Waals surface area contributed by atoms with Gasteiger partial charge >= 0.3 is 5.97 Å². The lowest BCUT2D eigenvalue weighted by atomic mass is 10.2. The Bertz CT molecular complexity index is 680. The predicted molar refractivity (Wildman–Crippen MR) is 70.6 cm³/mol. The van der Waals surface area contributed by atoms with Crippen LogP contribution in [0.3, 0.4) is 0 Å². The Morgan fingerprint density at radius 3 is 2.84 bits per heavy atom. The maximum Gasteiger partial charge on any atom is 0.339 e. The Balaban J connectivity index is 2.37. The van der Waals surface area contributed by atoms with Crippen LogP contribution in [-0.4, -0.2) is 16.1 Å². The first-order valence-corrected chi connectivity index (χ1v) is 5.64. The zero-order chi connectivity index (χ0) is 13.8. The molecule has 0 aliphatic rings.